The van der Waals surface area contributed by atoms with Gasteiger partial charge in [-0.25, -0.2) is 4.98 Å². The minimum absolute atomic E-state index is 0.112. The van der Waals surface area contributed by atoms with Crippen LogP contribution in [0.5, 0.6) is 6.01 Å². The summed E-state index contributed by atoms with van der Waals surface area (Å²) in [6.07, 6.45) is 11.1. The zero-order chi connectivity index (χ0) is 13.5. The number of ether oxygens (including phenoxy) is 1. The smallest absolute Gasteiger partial charge is 0.324 e. The van der Waals surface area contributed by atoms with Crippen molar-refractivity contribution in [2.24, 2.45) is 0 Å². The van der Waals surface area contributed by atoms with Crippen molar-refractivity contribution in [1.29, 1.82) is 0 Å². The number of hydrogen-bond donors (Lipinski definition) is 1. The zero-order valence-corrected chi connectivity index (χ0v) is 10.6. The Morgan fingerprint density at radius 1 is 1.42 bits per heavy atom. The molecule has 0 unspecified atom stereocenters. The van der Waals surface area contributed by atoms with E-state index >= 15 is 0 Å². The van der Waals surface area contributed by atoms with Crippen molar-refractivity contribution in [3.63, 3.8) is 0 Å². The largest absolute Gasteiger partial charge is 0.450 e. The van der Waals surface area contributed by atoms with Crippen LogP contribution >= 0.6 is 0 Å². The number of rotatable bonds is 6. The SMILES string of the molecule is C#CCOc1nc(NCCC)nc(-n2ccnc2)n1. The second-order valence-corrected chi connectivity index (χ2v) is 3.63. The minimum atomic E-state index is 0.112. The van der Waals surface area contributed by atoms with Crippen LogP contribution < -0.4 is 10.1 Å². The van der Waals surface area contributed by atoms with E-state index in [1.54, 1.807) is 23.3 Å². The van der Waals surface area contributed by atoms with Gasteiger partial charge in [0.25, 0.3) is 0 Å². The van der Waals surface area contributed by atoms with Crippen molar-refractivity contribution in [1.82, 2.24) is 24.5 Å². The molecule has 0 aliphatic heterocycles. The molecule has 0 aliphatic carbocycles. The van der Waals surface area contributed by atoms with Crippen LogP contribution in [0.2, 0.25) is 0 Å². The number of terminal acetylenes is 1. The maximum Gasteiger partial charge on any atom is 0.324 e. The third-order valence-electron chi connectivity index (χ3n) is 2.16. The molecule has 0 saturated heterocycles. The van der Waals surface area contributed by atoms with Gasteiger partial charge < -0.3 is 10.1 Å². The monoisotopic (exact) mass is 258 g/mol. The van der Waals surface area contributed by atoms with Gasteiger partial charge in [0.15, 0.2) is 6.61 Å². The van der Waals surface area contributed by atoms with Gasteiger partial charge in [0, 0.05) is 18.9 Å². The third-order valence-corrected chi connectivity index (χ3v) is 2.16. The fourth-order valence-corrected chi connectivity index (χ4v) is 1.33. The predicted octanol–water partition coefficient (Wildman–Crippen LogP) is 0.891. The van der Waals surface area contributed by atoms with E-state index in [0.29, 0.717) is 11.9 Å². The molecule has 0 amide bonds. The molecule has 2 aromatic rings. The van der Waals surface area contributed by atoms with Crippen LogP contribution in [0.25, 0.3) is 5.95 Å². The van der Waals surface area contributed by atoms with Crippen LogP contribution in [0.1, 0.15) is 13.3 Å². The molecule has 2 aromatic heterocycles. The summed E-state index contributed by atoms with van der Waals surface area (Å²) in [6.45, 7) is 2.93. The van der Waals surface area contributed by atoms with Gasteiger partial charge in [0.2, 0.25) is 11.9 Å². The Labute approximate surface area is 111 Å². The Bertz CT molecular complexity index is 560. The molecule has 0 spiro atoms. The van der Waals surface area contributed by atoms with Crippen molar-refractivity contribution in [3.8, 4) is 24.3 Å². The fraction of sp³-hybridized carbons (Fsp3) is 0.333. The molecular weight excluding hydrogens is 244 g/mol. The third kappa shape index (κ3) is 3.42. The molecular formula is C12H14N6O. The van der Waals surface area contributed by atoms with Gasteiger partial charge in [-0.3, -0.25) is 4.57 Å². The molecule has 7 nitrogen and oxygen atoms in total. The first kappa shape index (κ1) is 12.8. The summed E-state index contributed by atoms with van der Waals surface area (Å²) in [5, 5.41) is 3.09. The number of imidazole rings is 1. The van der Waals surface area contributed by atoms with Crippen LogP contribution in [0.15, 0.2) is 18.7 Å². The van der Waals surface area contributed by atoms with Crippen molar-refractivity contribution < 1.29 is 4.74 Å². The zero-order valence-electron chi connectivity index (χ0n) is 10.6. The maximum atomic E-state index is 5.24. The normalized spacial score (nSPS) is 9.89. The molecule has 2 heterocycles. The van der Waals surface area contributed by atoms with Crippen molar-refractivity contribution in [2.45, 2.75) is 13.3 Å². The number of hydrogen-bond acceptors (Lipinski definition) is 6. The molecule has 19 heavy (non-hydrogen) atoms. The van der Waals surface area contributed by atoms with Crippen molar-refractivity contribution in [3.05, 3.63) is 18.7 Å². The van der Waals surface area contributed by atoms with E-state index < -0.39 is 0 Å². The van der Waals surface area contributed by atoms with Gasteiger partial charge in [-0.2, -0.15) is 15.0 Å². The molecule has 0 saturated carbocycles. The van der Waals surface area contributed by atoms with E-state index in [9.17, 15) is 0 Å². The Morgan fingerprint density at radius 2 is 2.32 bits per heavy atom. The first-order valence-electron chi connectivity index (χ1n) is 5.88. The van der Waals surface area contributed by atoms with E-state index in [0.717, 1.165) is 13.0 Å². The first-order chi connectivity index (χ1) is 9.33. The topological polar surface area (TPSA) is 77.8 Å². The van der Waals surface area contributed by atoms with E-state index in [2.05, 4.69) is 38.1 Å². The molecule has 98 valence electrons. The Morgan fingerprint density at radius 3 is 3.00 bits per heavy atom. The molecule has 0 aromatic carbocycles. The van der Waals surface area contributed by atoms with Crippen molar-refractivity contribution in [2.75, 3.05) is 18.5 Å². The maximum absolute atomic E-state index is 5.24. The van der Waals surface area contributed by atoms with Crippen LogP contribution in [-0.4, -0.2) is 37.7 Å². The summed E-state index contributed by atoms with van der Waals surface area (Å²) in [5.74, 6) is 3.25. The van der Waals surface area contributed by atoms with E-state index in [1.165, 1.54) is 0 Å². The Hall–Kier alpha value is -2.62. The second-order valence-electron chi connectivity index (χ2n) is 3.63. The average molecular weight is 258 g/mol. The summed E-state index contributed by atoms with van der Waals surface area (Å²) >= 11 is 0. The lowest BCUT2D eigenvalue weighted by Crippen LogP contribution is -2.11. The van der Waals surface area contributed by atoms with Crippen molar-refractivity contribution >= 4 is 5.95 Å². The van der Waals surface area contributed by atoms with Crippen LogP contribution in [0.4, 0.5) is 5.95 Å². The van der Waals surface area contributed by atoms with Gasteiger partial charge in [-0.1, -0.05) is 12.8 Å². The van der Waals surface area contributed by atoms with E-state index in [-0.39, 0.29) is 12.6 Å². The van der Waals surface area contributed by atoms with E-state index in [1.807, 2.05) is 0 Å². The average Bonchev–Trinajstić information content (AvgIpc) is 2.97. The molecule has 0 aliphatic rings. The standard InChI is InChI=1S/C12H14N6O/c1-3-5-14-10-15-11(18-7-6-13-9-18)17-12(16-10)19-8-4-2/h2,6-7,9H,3,5,8H2,1H3,(H,14,15,16,17). The molecule has 1 N–H and O–H groups in total. The minimum Gasteiger partial charge on any atom is -0.450 e. The lowest BCUT2D eigenvalue weighted by Gasteiger charge is -2.08. The Kier molecular flexibility index (Phi) is 4.29. The van der Waals surface area contributed by atoms with Gasteiger partial charge in [0.1, 0.15) is 6.33 Å². The lowest BCUT2D eigenvalue weighted by atomic mass is 10.5. The van der Waals surface area contributed by atoms with Crippen LogP contribution in [0, 0.1) is 12.3 Å². The quantitative estimate of drug-likeness (QED) is 0.775. The summed E-state index contributed by atoms with van der Waals surface area (Å²) in [4.78, 5) is 16.5. The first-order valence-corrected chi connectivity index (χ1v) is 5.88. The molecule has 0 bridgehead atoms. The number of anilines is 1. The predicted molar refractivity (Wildman–Crippen MR) is 70.1 cm³/mol. The van der Waals surface area contributed by atoms with Gasteiger partial charge in [-0.15, -0.1) is 6.42 Å². The second kappa shape index (κ2) is 6.35. The lowest BCUT2D eigenvalue weighted by molar-refractivity contribution is 0.338. The summed E-state index contributed by atoms with van der Waals surface area (Å²) < 4.78 is 6.91. The molecule has 0 radical (unpaired) electrons. The summed E-state index contributed by atoms with van der Waals surface area (Å²) in [5.41, 5.74) is 0. The number of aromatic nitrogens is 5. The Balaban J connectivity index is 2.28. The summed E-state index contributed by atoms with van der Waals surface area (Å²) in [7, 11) is 0. The van der Waals surface area contributed by atoms with Crippen LogP contribution in [0.3, 0.4) is 0 Å². The van der Waals surface area contributed by atoms with Gasteiger partial charge in [0.05, 0.1) is 0 Å². The molecule has 2 rings (SSSR count). The summed E-state index contributed by atoms with van der Waals surface area (Å²) in [6, 6.07) is 0.190. The number of nitrogens with zero attached hydrogens (tertiary/aromatic N) is 5. The van der Waals surface area contributed by atoms with Gasteiger partial charge in [-0.05, 0) is 6.42 Å². The highest BCUT2D eigenvalue weighted by Crippen LogP contribution is 2.10. The van der Waals surface area contributed by atoms with E-state index in [4.69, 9.17) is 11.2 Å². The molecule has 0 atom stereocenters. The highest BCUT2D eigenvalue weighted by atomic mass is 16.5. The highest BCUT2D eigenvalue weighted by molar-refractivity contribution is 5.30. The highest BCUT2D eigenvalue weighted by Gasteiger charge is 2.08. The number of nitrogens with one attached hydrogen (secondary N) is 1. The fourth-order valence-electron chi connectivity index (χ4n) is 1.33. The van der Waals surface area contributed by atoms with Crippen LogP contribution in [-0.2, 0) is 0 Å². The van der Waals surface area contributed by atoms with Gasteiger partial charge >= 0.3 is 6.01 Å². The molecule has 7 heteroatoms. The molecule has 0 fully saturated rings.